The zero-order valence-corrected chi connectivity index (χ0v) is 32.8. The van der Waals surface area contributed by atoms with Crippen molar-refractivity contribution in [3.63, 3.8) is 0 Å². The van der Waals surface area contributed by atoms with Crippen LogP contribution in [0.2, 0.25) is 5.02 Å². The minimum atomic E-state index is -0.533. The third-order valence-electron chi connectivity index (χ3n) is 9.69. The van der Waals surface area contributed by atoms with E-state index in [4.69, 9.17) is 30.8 Å². The summed E-state index contributed by atoms with van der Waals surface area (Å²) in [6, 6.07) is 17.2. The number of halogens is 1. The molecule has 0 unspecified atom stereocenters. The minimum absolute atomic E-state index is 0.113. The molecule has 2 N–H and O–H groups in total. The number of amides is 1. The summed E-state index contributed by atoms with van der Waals surface area (Å²) >= 11 is 7.89. The average Bonchev–Trinajstić information content (AvgIpc) is 3.81. The number of aryl methyl sites for hydroxylation is 2. The van der Waals surface area contributed by atoms with E-state index in [-0.39, 0.29) is 18.1 Å². The second kappa shape index (κ2) is 17.8. The first-order valence-electron chi connectivity index (χ1n) is 18.5. The van der Waals surface area contributed by atoms with Gasteiger partial charge in [0.25, 0.3) is 0 Å². The highest BCUT2D eigenvalue weighted by atomic mass is 35.5. The Labute approximate surface area is 329 Å². The Bertz CT molecular complexity index is 2200. The first kappa shape index (κ1) is 38.5. The maximum Gasteiger partial charge on any atom is 0.222 e. The molecule has 7 rings (SSSR count). The van der Waals surface area contributed by atoms with Crippen molar-refractivity contribution < 1.29 is 23.8 Å². The topological polar surface area (TPSA) is 142 Å². The highest BCUT2D eigenvalue weighted by molar-refractivity contribution is 7.15. The van der Waals surface area contributed by atoms with E-state index in [9.17, 15) is 9.59 Å². The van der Waals surface area contributed by atoms with Crippen LogP contribution in [0.3, 0.4) is 0 Å². The molecule has 2 aromatic carbocycles. The van der Waals surface area contributed by atoms with Gasteiger partial charge in [0.05, 0.1) is 51.8 Å². The van der Waals surface area contributed by atoms with Crippen molar-refractivity contribution in [1.29, 1.82) is 0 Å². The standard InChI is InChI=1S/C41H44ClN7O5S/c1-25-26(2)55-41-37(25)38(28-8-10-32(42)11-9-28)46-35(40-48-47-27(3)49(40)41)24-36(51)43-13-15-52-17-19-54-20-18-53-16-14-45-39-34(5-4-12-44-39)30-7-6-29-22-33(50)23-31(29)21-30/h4-12,21,35H,13-20,22-24H2,1-3H3,(H,43,51)(H,44,45)/t35-/m0/s1. The predicted molar refractivity (Wildman–Crippen MR) is 214 cm³/mol. The average molecular weight is 782 g/mol. The number of aromatic nitrogens is 4. The van der Waals surface area contributed by atoms with Crippen LogP contribution >= 0.6 is 22.9 Å². The molecule has 12 nitrogen and oxygen atoms in total. The van der Waals surface area contributed by atoms with E-state index >= 15 is 0 Å². The van der Waals surface area contributed by atoms with Crippen LogP contribution in [0, 0.1) is 20.8 Å². The number of carbonyl (C=O) groups excluding carboxylic acids is 2. The van der Waals surface area contributed by atoms with E-state index < -0.39 is 6.04 Å². The van der Waals surface area contributed by atoms with Crippen LogP contribution in [0.1, 0.15) is 56.8 Å². The molecule has 0 fully saturated rings. The predicted octanol–water partition coefficient (Wildman–Crippen LogP) is 6.20. The smallest absolute Gasteiger partial charge is 0.222 e. The zero-order valence-electron chi connectivity index (χ0n) is 31.2. The number of fused-ring (bicyclic) bond motifs is 4. The van der Waals surface area contributed by atoms with Crippen molar-refractivity contribution in [3.05, 3.63) is 110 Å². The number of aliphatic imine (C=N–C) groups is 1. The fourth-order valence-electron chi connectivity index (χ4n) is 6.82. The third kappa shape index (κ3) is 9.03. The molecule has 0 saturated heterocycles. The molecule has 4 heterocycles. The molecule has 0 spiro atoms. The second-order valence-electron chi connectivity index (χ2n) is 13.5. The van der Waals surface area contributed by atoms with Crippen molar-refractivity contribution in [3.8, 4) is 16.1 Å². The lowest BCUT2D eigenvalue weighted by Crippen LogP contribution is -2.29. The lowest BCUT2D eigenvalue weighted by Gasteiger charge is -2.13. The Balaban J connectivity index is 0.802. The quantitative estimate of drug-likeness (QED) is 0.106. The Morgan fingerprint density at radius 2 is 1.60 bits per heavy atom. The summed E-state index contributed by atoms with van der Waals surface area (Å²) in [7, 11) is 0. The van der Waals surface area contributed by atoms with Crippen LogP contribution in [0.15, 0.2) is 65.8 Å². The summed E-state index contributed by atoms with van der Waals surface area (Å²) in [5, 5.41) is 16.8. The monoisotopic (exact) mass is 781 g/mol. The van der Waals surface area contributed by atoms with Crippen LogP contribution in [0.25, 0.3) is 16.1 Å². The molecule has 14 heteroatoms. The van der Waals surface area contributed by atoms with Crippen molar-refractivity contribution >= 4 is 46.2 Å². The van der Waals surface area contributed by atoms with Gasteiger partial charge in [-0.15, -0.1) is 21.5 Å². The zero-order chi connectivity index (χ0) is 38.3. The lowest BCUT2D eigenvalue weighted by atomic mass is 9.99. The number of Topliss-reactive ketones (excluding diaryl/α,β-unsaturated/α-hetero) is 1. The van der Waals surface area contributed by atoms with Gasteiger partial charge in [0.2, 0.25) is 5.91 Å². The number of hydrogen-bond acceptors (Lipinski definition) is 11. The number of rotatable bonds is 17. The molecular weight excluding hydrogens is 738 g/mol. The summed E-state index contributed by atoms with van der Waals surface area (Å²) in [6.07, 6.45) is 2.90. The summed E-state index contributed by atoms with van der Waals surface area (Å²) in [5.41, 5.74) is 8.16. The van der Waals surface area contributed by atoms with Crippen LogP contribution in [-0.2, 0) is 36.6 Å². The number of ketones is 1. The number of carbonyl (C=O) groups is 2. The molecule has 0 radical (unpaired) electrons. The molecular formula is C41H44ClN7O5S. The molecule has 2 aliphatic rings. The molecule has 5 aromatic rings. The largest absolute Gasteiger partial charge is 0.377 e. The maximum atomic E-state index is 13.2. The van der Waals surface area contributed by atoms with Gasteiger partial charge >= 0.3 is 0 Å². The van der Waals surface area contributed by atoms with Gasteiger partial charge < -0.3 is 24.8 Å². The highest BCUT2D eigenvalue weighted by Gasteiger charge is 2.32. The van der Waals surface area contributed by atoms with Gasteiger partial charge in [0.15, 0.2) is 5.82 Å². The Hall–Kier alpha value is -4.79. The first-order valence-corrected chi connectivity index (χ1v) is 19.7. The molecule has 1 amide bonds. The van der Waals surface area contributed by atoms with Gasteiger partial charge in [-0.25, -0.2) is 4.98 Å². The van der Waals surface area contributed by atoms with Crippen LogP contribution < -0.4 is 10.6 Å². The number of nitrogens with zero attached hydrogens (tertiary/aromatic N) is 5. The van der Waals surface area contributed by atoms with Gasteiger partial charge in [0.1, 0.15) is 28.5 Å². The van der Waals surface area contributed by atoms with Crippen molar-refractivity contribution in [1.82, 2.24) is 25.1 Å². The summed E-state index contributed by atoms with van der Waals surface area (Å²) in [5.74, 6) is 2.28. The minimum Gasteiger partial charge on any atom is -0.377 e. The van der Waals surface area contributed by atoms with Crippen LogP contribution in [0.5, 0.6) is 0 Å². The van der Waals surface area contributed by atoms with Crippen LogP contribution in [-0.4, -0.2) is 89.9 Å². The van der Waals surface area contributed by atoms with Gasteiger partial charge in [-0.3, -0.25) is 19.1 Å². The van der Waals surface area contributed by atoms with Crippen molar-refractivity contribution in [2.45, 2.75) is 46.1 Å². The third-order valence-corrected chi connectivity index (χ3v) is 11.1. The number of thiophene rings is 1. The summed E-state index contributed by atoms with van der Waals surface area (Å²) in [4.78, 5) is 35.9. The van der Waals surface area contributed by atoms with Crippen LogP contribution in [0.4, 0.5) is 5.82 Å². The summed E-state index contributed by atoms with van der Waals surface area (Å²) < 4.78 is 19.1. The number of anilines is 1. The molecule has 55 heavy (non-hydrogen) atoms. The SMILES string of the molecule is Cc1sc2c(c1C)C(c1ccc(Cl)cc1)=N[C@@H](CC(=O)NCCOCCOCCOCCNc1ncccc1-c1ccc3c(c1)CC(=O)C3)c1nnc(C)n1-2. The number of pyridine rings is 1. The molecule has 1 aliphatic heterocycles. The van der Waals surface area contributed by atoms with E-state index in [2.05, 4.69) is 51.8 Å². The molecule has 0 saturated carbocycles. The summed E-state index contributed by atoms with van der Waals surface area (Å²) in [6.45, 7) is 9.63. The molecule has 3 aromatic heterocycles. The number of nitrogens with one attached hydrogen (secondary N) is 2. The maximum absolute atomic E-state index is 13.2. The lowest BCUT2D eigenvalue weighted by molar-refractivity contribution is -0.121. The van der Waals surface area contributed by atoms with E-state index in [0.717, 1.165) is 61.3 Å². The molecule has 0 bridgehead atoms. The molecule has 1 aliphatic carbocycles. The Morgan fingerprint density at radius 3 is 2.38 bits per heavy atom. The normalized spacial score (nSPS) is 14.6. The molecule has 286 valence electrons. The fraction of sp³-hybridized carbons (Fsp3) is 0.366. The molecule has 1 atom stereocenters. The Morgan fingerprint density at radius 1 is 0.891 bits per heavy atom. The van der Waals surface area contributed by atoms with E-state index in [0.29, 0.717) is 76.4 Å². The first-order chi connectivity index (χ1) is 26.8. The second-order valence-corrected chi connectivity index (χ2v) is 15.1. The van der Waals surface area contributed by atoms with E-state index in [1.807, 2.05) is 54.0 Å². The Kier molecular flexibility index (Phi) is 12.4. The van der Waals surface area contributed by atoms with Gasteiger partial charge in [-0.05, 0) is 67.3 Å². The van der Waals surface area contributed by atoms with Gasteiger partial charge in [-0.1, -0.05) is 41.9 Å². The van der Waals surface area contributed by atoms with E-state index in [1.54, 1.807) is 17.5 Å². The fourth-order valence-corrected chi connectivity index (χ4v) is 8.16. The van der Waals surface area contributed by atoms with Gasteiger partial charge in [0, 0.05) is 58.7 Å². The van der Waals surface area contributed by atoms with Gasteiger partial charge in [-0.2, -0.15) is 0 Å². The number of benzene rings is 2. The number of ether oxygens (including phenoxy) is 3. The van der Waals surface area contributed by atoms with E-state index in [1.165, 1.54) is 4.88 Å². The van der Waals surface area contributed by atoms with Crippen molar-refractivity contribution in [2.24, 2.45) is 4.99 Å². The highest BCUT2D eigenvalue weighted by Crippen LogP contribution is 2.39. The number of hydrogen-bond donors (Lipinski definition) is 2. The van der Waals surface area contributed by atoms with Crippen molar-refractivity contribution in [2.75, 3.05) is 58.0 Å².